The first-order valence-electron chi connectivity index (χ1n) is 5.04. The van der Waals surface area contributed by atoms with Gasteiger partial charge in [0.15, 0.2) is 6.10 Å². The van der Waals surface area contributed by atoms with E-state index in [-0.39, 0.29) is 0 Å². The van der Waals surface area contributed by atoms with Crippen molar-refractivity contribution in [2.45, 2.75) is 26.4 Å². The molecule has 0 bridgehead atoms. The molecule has 0 aliphatic heterocycles. The van der Waals surface area contributed by atoms with Gasteiger partial charge in [-0.1, -0.05) is 24.3 Å². The predicted octanol–water partition coefficient (Wildman–Crippen LogP) is 2.03. The Balaban J connectivity index is 2.74. The predicted molar refractivity (Wildman–Crippen MR) is 57.9 cm³/mol. The van der Waals surface area contributed by atoms with E-state index in [9.17, 15) is 4.79 Å². The maximum absolute atomic E-state index is 10.9. The Morgan fingerprint density at radius 2 is 2.13 bits per heavy atom. The maximum atomic E-state index is 10.9. The van der Waals surface area contributed by atoms with Gasteiger partial charge >= 0.3 is 5.97 Å². The lowest BCUT2D eigenvalue weighted by Crippen LogP contribution is -2.26. The van der Waals surface area contributed by atoms with Gasteiger partial charge in [0, 0.05) is 13.0 Å². The average Bonchev–Trinajstić information content (AvgIpc) is 2.20. The zero-order chi connectivity index (χ0) is 11.3. The van der Waals surface area contributed by atoms with Crippen LogP contribution in [0.4, 0.5) is 0 Å². The molecule has 1 aromatic rings. The third-order valence-electron chi connectivity index (χ3n) is 2.31. The van der Waals surface area contributed by atoms with Crippen LogP contribution in [-0.4, -0.2) is 23.8 Å². The molecule has 15 heavy (non-hydrogen) atoms. The number of hydrogen-bond donors (Lipinski definition) is 1. The van der Waals surface area contributed by atoms with Crippen molar-refractivity contribution in [2.24, 2.45) is 0 Å². The standard InChI is InChI=1S/C12H16O3/c1-3-15-11(12(13)14)8-10-7-5-4-6-9(10)2/h4-7,11H,3,8H2,1-2H3,(H,13,14)/t11-/m1/s1. The van der Waals surface area contributed by atoms with Crippen molar-refractivity contribution in [2.75, 3.05) is 6.61 Å². The van der Waals surface area contributed by atoms with E-state index in [4.69, 9.17) is 9.84 Å². The molecule has 1 atom stereocenters. The minimum Gasteiger partial charge on any atom is -0.479 e. The summed E-state index contributed by atoms with van der Waals surface area (Å²) in [6.07, 6.45) is -0.313. The number of aryl methyl sites for hydroxylation is 1. The van der Waals surface area contributed by atoms with Crippen LogP contribution >= 0.6 is 0 Å². The summed E-state index contributed by atoms with van der Waals surface area (Å²) in [7, 11) is 0. The third kappa shape index (κ3) is 3.36. The summed E-state index contributed by atoms with van der Waals surface area (Å²) in [6, 6.07) is 7.76. The fraction of sp³-hybridized carbons (Fsp3) is 0.417. The normalized spacial score (nSPS) is 12.4. The summed E-state index contributed by atoms with van der Waals surface area (Å²) < 4.78 is 5.16. The molecular weight excluding hydrogens is 192 g/mol. The first-order valence-corrected chi connectivity index (χ1v) is 5.04. The Morgan fingerprint density at radius 1 is 1.47 bits per heavy atom. The number of rotatable bonds is 5. The second-order valence-corrected chi connectivity index (χ2v) is 3.41. The molecule has 0 saturated carbocycles. The molecule has 0 aliphatic rings. The number of ether oxygens (including phenoxy) is 1. The topological polar surface area (TPSA) is 46.5 Å². The fourth-order valence-electron chi connectivity index (χ4n) is 1.46. The van der Waals surface area contributed by atoms with Gasteiger partial charge in [-0.2, -0.15) is 0 Å². The number of benzene rings is 1. The fourth-order valence-corrected chi connectivity index (χ4v) is 1.46. The molecule has 0 spiro atoms. The molecule has 0 radical (unpaired) electrons. The highest BCUT2D eigenvalue weighted by Crippen LogP contribution is 2.11. The average molecular weight is 208 g/mol. The summed E-state index contributed by atoms with van der Waals surface area (Å²) in [5.74, 6) is -0.903. The maximum Gasteiger partial charge on any atom is 0.333 e. The van der Waals surface area contributed by atoms with Crippen LogP contribution in [0.5, 0.6) is 0 Å². The lowest BCUT2D eigenvalue weighted by Gasteiger charge is -2.13. The van der Waals surface area contributed by atoms with Crippen LogP contribution in [0.2, 0.25) is 0 Å². The first kappa shape index (κ1) is 11.7. The van der Waals surface area contributed by atoms with Gasteiger partial charge in [0.1, 0.15) is 0 Å². The highest BCUT2D eigenvalue weighted by atomic mass is 16.5. The van der Waals surface area contributed by atoms with Crippen LogP contribution in [0, 0.1) is 6.92 Å². The molecular formula is C12H16O3. The van der Waals surface area contributed by atoms with E-state index in [0.717, 1.165) is 11.1 Å². The molecule has 1 rings (SSSR count). The molecule has 3 heteroatoms. The Bertz CT molecular complexity index is 333. The van der Waals surface area contributed by atoms with Crippen molar-refractivity contribution in [3.05, 3.63) is 35.4 Å². The summed E-state index contributed by atoms with van der Waals surface area (Å²) in [5.41, 5.74) is 2.13. The molecule has 0 fully saturated rings. The van der Waals surface area contributed by atoms with E-state index in [1.165, 1.54) is 0 Å². The van der Waals surface area contributed by atoms with E-state index in [1.807, 2.05) is 31.2 Å². The molecule has 1 N–H and O–H groups in total. The SMILES string of the molecule is CCO[C@H](Cc1ccccc1C)C(=O)O. The van der Waals surface area contributed by atoms with Crippen LogP contribution in [0.1, 0.15) is 18.1 Å². The van der Waals surface area contributed by atoms with E-state index < -0.39 is 12.1 Å². The zero-order valence-electron chi connectivity index (χ0n) is 9.06. The van der Waals surface area contributed by atoms with Gasteiger partial charge in [-0.15, -0.1) is 0 Å². The molecule has 0 unspecified atom stereocenters. The molecule has 0 saturated heterocycles. The second-order valence-electron chi connectivity index (χ2n) is 3.41. The number of carboxylic acid groups (broad SMARTS) is 1. The lowest BCUT2D eigenvalue weighted by molar-refractivity contribution is -0.149. The van der Waals surface area contributed by atoms with Gasteiger partial charge in [-0.25, -0.2) is 4.79 Å². The summed E-state index contributed by atoms with van der Waals surface area (Å²) in [5, 5.41) is 8.93. The van der Waals surface area contributed by atoms with Crippen molar-refractivity contribution < 1.29 is 14.6 Å². The summed E-state index contributed by atoms with van der Waals surface area (Å²) >= 11 is 0. The smallest absolute Gasteiger partial charge is 0.333 e. The van der Waals surface area contributed by atoms with Crippen molar-refractivity contribution >= 4 is 5.97 Å². The Hall–Kier alpha value is -1.35. The minimum atomic E-state index is -0.903. The third-order valence-corrected chi connectivity index (χ3v) is 2.31. The quantitative estimate of drug-likeness (QED) is 0.805. The van der Waals surface area contributed by atoms with E-state index in [1.54, 1.807) is 6.92 Å². The number of carbonyl (C=O) groups is 1. The molecule has 0 amide bonds. The monoisotopic (exact) mass is 208 g/mol. The van der Waals surface area contributed by atoms with Crippen LogP contribution in [0.15, 0.2) is 24.3 Å². The van der Waals surface area contributed by atoms with Gasteiger partial charge in [-0.3, -0.25) is 0 Å². The highest BCUT2D eigenvalue weighted by molar-refractivity contribution is 5.72. The zero-order valence-corrected chi connectivity index (χ0v) is 9.06. The van der Waals surface area contributed by atoms with E-state index >= 15 is 0 Å². The van der Waals surface area contributed by atoms with E-state index in [2.05, 4.69) is 0 Å². The van der Waals surface area contributed by atoms with Gasteiger partial charge < -0.3 is 9.84 Å². The molecule has 0 aliphatic carbocycles. The molecule has 82 valence electrons. The Kier molecular flexibility index (Phi) is 4.31. The molecule has 0 heterocycles. The van der Waals surface area contributed by atoms with Crippen LogP contribution < -0.4 is 0 Å². The van der Waals surface area contributed by atoms with Gasteiger partial charge in [-0.05, 0) is 25.0 Å². The number of aliphatic carboxylic acids is 1. The summed E-state index contributed by atoms with van der Waals surface area (Å²) in [4.78, 5) is 10.9. The van der Waals surface area contributed by atoms with Gasteiger partial charge in [0.05, 0.1) is 0 Å². The van der Waals surface area contributed by atoms with Gasteiger partial charge in [0.2, 0.25) is 0 Å². The number of hydrogen-bond acceptors (Lipinski definition) is 2. The molecule has 3 nitrogen and oxygen atoms in total. The van der Waals surface area contributed by atoms with Crippen molar-refractivity contribution in [3.8, 4) is 0 Å². The van der Waals surface area contributed by atoms with Crippen LogP contribution in [0.25, 0.3) is 0 Å². The largest absolute Gasteiger partial charge is 0.479 e. The van der Waals surface area contributed by atoms with E-state index in [0.29, 0.717) is 13.0 Å². The first-order chi connectivity index (χ1) is 7.15. The Labute approximate surface area is 89.7 Å². The van der Waals surface area contributed by atoms with Crippen LogP contribution in [-0.2, 0) is 16.0 Å². The van der Waals surface area contributed by atoms with Crippen molar-refractivity contribution in [1.82, 2.24) is 0 Å². The van der Waals surface area contributed by atoms with Gasteiger partial charge in [0.25, 0.3) is 0 Å². The highest BCUT2D eigenvalue weighted by Gasteiger charge is 2.18. The second kappa shape index (κ2) is 5.51. The number of carboxylic acids is 1. The lowest BCUT2D eigenvalue weighted by atomic mass is 10.0. The van der Waals surface area contributed by atoms with Crippen molar-refractivity contribution in [3.63, 3.8) is 0 Å². The molecule has 1 aromatic carbocycles. The summed E-state index contributed by atoms with van der Waals surface area (Å²) in [6.45, 7) is 4.19. The van der Waals surface area contributed by atoms with Crippen LogP contribution in [0.3, 0.4) is 0 Å². The Morgan fingerprint density at radius 3 is 2.67 bits per heavy atom. The molecule has 0 aromatic heterocycles. The van der Waals surface area contributed by atoms with Crippen molar-refractivity contribution in [1.29, 1.82) is 0 Å². The minimum absolute atomic E-state index is 0.419.